The van der Waals surface area contributed by atoms with Gasteiger partial charge in [0.2, 0.25) is 0 Å². The fourth-order valence-corrected chi connectivity index (χ4v) is 7.13. The zero-order chi connectivity index (χ0) is 27.6. The number of hydrogen-bond donors (Lipinski definition) is 0. The Morgan fingerprint density at radius 1 is 0.238 bits per heavy atom. The quantitative estimate of drug-likeness (QED) is 0.199. The van der Waals surface area contributed by atoms with E-state index in [0.29, 0.717) is 0 Å². The molecule has 9 aromatic rings. The van der Waals surface area contributed by atoms with Crippen LogP contribution in [0.3, 0.4) is 0 Å². The fourth-order valence-electron chi connectivity index (χ4n) is 7.13. The van der Waals surface area contributed by atoms with Gasteiger partial charge in [-0.05, 0) is 93.3 Å². The van der Waals surface area contributed by atoms with Crippen LogP contribution >= 0.6 is 0 Å². The Morgan fingerprint density at radius 2 is 0.738 bits per heavy atom. The maximum Gasteiger partial charge on any atom is -0.00141 e. The van der Waals surface area contributed by atoms with Crippen molar-refractivity contribution >= 4 is 53.9 Å². The van der Waals surface area contributed by atoms with E-state index in [9.17, 15) is 0 Å². The summed E-state index contributed by atoms with van der Waals surface area (Å²) in [6.45, 7) is 0. The van der Waals surface area contributed by atoms with Crippen LogP contribution < -0.4 is 0 Å². The highest BCUT2D eigenvalue weighted by Gasteiger charge is 2.20. The van der Waals surface area contributed by atoms with Gasteiger partial charge in [0.05, 0.1) is 0 Å². The molecule has 0 heteroatoms. The lowest BCUT2D eigenvalue weighted by Gasteiger charge is -2.20. The molecule has 0 spiro atoms. The summed E-state index contributed by atoms with van der Waals surface area (Å²) in [7, 11) is 0. The van der Waals surface area contributed by atoms with Gasteiger partial charge in [0, 0.05) is 0 Å². The summed E-state index contributed by atoms with van der Waals surface area (Å²) in [4.78, 5) is 0. The molecule has 0 N–H and O–H groups in total. The topological polar surface area (TPSA) is 0 Å². The number of rotatable bonds is 3. The Morgan fingerprint density at radius 3 is 1.38 bits per heavy atom. The van der Waals surface area contributed by atoms with Gasteiger partial charge in [-0.2, -0.15) is 0 Å². The SMILES string of the molecule is c1ccc(-c2ccc3ccc4c(-c5cccc6ccccc56)cc(-c5cccc6ccccc56)c5ccc2c3c45)cc1. The van der Waals surface area contributed by atoms with E-state index in [-0.39, 0.29) is 0 Å². The molecule has 0 aromatic heterocycles. The zero-order valence-electron chi connectivity index (χ0n) is 23.0. The average Bonchev–Trinajstić information content (AvgIpc) is 3.07. The molecule has 194 valence electrons. The van der Waals surface area contributed by atoms with E-state index in [1.54, 1.807) is 0 Å². The molecule has 0 nitrogen and oxygen atoms in total. The molecule has 0 aliphatic carbocycles. The smallest absolute Gasteiger partial charge is 0.00141 e. The second-order valence-electron chi connectivity index (χ2n) is 11.3. The maximum absolute atomic E-state index is 2.45. The molecule has 0 atom stereocenters. The van der Waals surface area contributed by atoms with Gasteiger partial charge in [0.1, 0.15) is 0 Å². The normalized spacial score (nSPS) is 11.8. The van der Waals surface area contributed by atoms with Crippen molar-refractivity contribution in [2.24, 2.45) is 0 Å². The molecule has 0 saturated heterocycles. The maximum atomic E-state index is 2.45. The number of fused-ring (bicyclic) bond motifs is 2. The molecule has 0 saturated carbocycles. The van der Waals surface area contributed by atoms with Crippen LogP contribution in [0.2, 0.25) is 0 Å². The van der Waals surface area contributed by atoms with E-state index >= 15 is 0 Å². The van der Waals surface area contributed by atoms with Crippen LogP contribution in [0, 0.1) is 0 Å². The summed E-state index contributed by atoms with van der Waals surface area (Å²) < 4.78 is 0. The van der Waals surface area contributed by atoms with Gasteiger partial charge in [-0.3, -0.25) is 0 Å². The minimum atomic E-state index is 1.25. The first-order valence-electron chi connectivity index (χ1n) is 14.6. The van der Waals surface area contributed by atoms with E-state index in [4.69, 9.17) is 0 Å². The van der Waals surface area contributed by atoms with Crippen molar-refractivity contribution in [2.75, 3.05) is 0 Å². The lowest BCUT2D eigenvalue weighted by atomic mass is 9.82. The van der Waals surface area contributed by atoms with E-state index in [1.807, 2.05) is 0 Å². The molecule has 0 fully saturated rings. The van der Waals surface area contributed by atoms with Crippen LogP contribution in [0.25, 0.3) is 87.2 Å². The van der Waals surface area contributed by atoms with Crippen LogP contribution in [-0.2, 0) is 0 Å². The monoisotopic (exact) mass is 530 g/mol. The molecule has 42 heavy (non-hydrogen) atoms. The predicted octanol–water partition coefficient (Wildman–Crippen LogP) is 11.9. The van der Waals surface area contributed by atoms with Gasteiger partial charge in [-0.1, -0.05) is 152 Å². The first-order valence-corrected chi connectivity index (χ1v) is 14.6. The van der Waals surface area contributed by atoms with E-state index in [2.05, 4.69) is 158 Å². The second kappa shape index (κ2) is 9.03. The third-order valence-electron chi connectivity index (χ3n) is 9.03. The Hall–Kier alpha value is -5.46. The predicted molar refractivity (Wildman–Crippen MR) is 181 cm³/mol. The lowest BCUT2D eigenvalue weighted by Crippen LogP contribution is -1.93. The van der Waals surface area contributed by atoms with Gasteiger partial charge in [-0.15, -0.1) is 0 Å². The van der Waals surface area contributed by atoms with Crippen molar-refractivity contribution in [2.45, 2.75) is 0 Å². The molecular formula is C42H26. The van der Waals surface area contributed by atoms with Crippen LogP contribution in [0.5, 0.6) is 0 Å². The van der Waals surface area contributed by atoms with Gasteiger partial charge < -0.3 is 0 Å². The molecule has 0 heterocycles. The molecule has 0 bridgehead atoms. The highest BCUT2D eigenvalue weighted by Crippen LogP contribution is 2.47. The van der Waals surface area contributed by atoms with Crippen molar-refractivity contribution in [3.05, 3.63) is 158 Å². The Bertz CT molecular complexity index is 2340. The summed E-state index contributed by atoms with van der Waals surface area (Å²) >= 11 is 0. The summed E-state index contributed by atoms with van der Waals surface area (Å²) in [5.74, 6) is 0. The van der Waals surface area contributed by atoms with Gasteiger partial charge in [0.15, 0.2) is 0 Å². The third kappa shape index (κ3) is 3.36. The van der Waals surface area contributed by atoms with Crippen molar-refractivity contribution in [3.63, 3.8) is 0 Å². The van der Waals surface area contributed by atoms with Crippen molar-refractivity contribution < 1.29 is 0 Å². The van der Waals surface area contributed by atoms with Crippen LogP contribution in [0.15, 0.2) is 158 Å². The Kier molecular flexibility index (Phi) is 5.00. The first-order chi connectivity index (χ1) is 20.8. The Labute approximate surface area is 244 Å². The lowest BCUT2D eigenvalue weighted by molar-refractivity contribution is 1.66. The number of hydrogen-bond acceptors (Lipinski definition) is 0. The minimum Gasteiger partial charge on any atom is -0.0622 e. The van der Waals surface area contributed by atoms with Gasteiger partial charge >= 0.3 is 0 Å². The highest BCUT2D eigenvalue weighted by molar-refractivity contribution is 6.31. The summed E-state index contributed by atoms with van der Waals surface area (Å²) in [6.07, 6.45) is 0. The zero-order valence-corrected chi connectivity index (χ0v) is 23.0. The van der Waals surface area contributed by atoms with E-state index in [0.717, 1.165) is 0 Å². The summed E-state index contributed by atoms with van der Waals surface area (Å²) in [5.41, 5.74) is 7.63. The molecule has 9 aromatic carbocycles. The van der Waals surface area contributed by atoms with Crippen LogP contribution in [0.1, 0.15) is 0 Å². The molecule has 0 radical (unpaired) electrons. The molecule has 9 rings (SSSR count). The van der Waals surface area contributed by atoms with Crippen molar-refractivity contribution in [1.29, 1.82) is 0 Å². The molecule has 0 aliphatic rings. The molecular weight excluding hydrogens is 504 g/mol. The average molecular weight is 531 g/mol. The third-order valence-corrected chi connectivity index (χ3v) is 9.03. The van der Waals surface area contributed by atoms with Crippen LogP contribution in [0.4, 0.5) is 0 Å². The van der Waals surface area contributed by atoms with Crippen molar-refractivity contribution in [1.82, 2.24) is 0 Å². The Balaban J connectivity index is 1.49. The first kappa shape index (κ1) is 23.3. The standard InChI is InChI=1S/C42H26/c1-2-10-27(11-3-1)33-22-20-30-21-23-37-39(34-18-8-14-28-12-4-6-16-31(28)34)26-40(38-25-24-36(33)41(30)42(37)38)35-19-9-15-29-13-5-7-17-32(29)35/h1-26H. The summed E-state index contributed by atoms with van der Waals surface area (Å²) in [6, 6.07) is 58.1. The fraction of sp³-hybridized carbons (Fsp3) is 0. The van der Waals surface area contributed by atoms with E-state index < -0.39 is 0 Å². The minimum absolute atomic E-state index is 1.25. The molecule has 0 amide bonds. The van der Waals surface area contributed by atoms with Crippen molar-refractivity contribution in [3.8, 4) is 33.4 Å². The second-order valence-corrected chi connectivity index (χ2v) is 11.3. The molecule has 0 unspecified atom stereocenters. The summed E-state index contributed by atoms with van der Waals surface area (Å²) in [5, 5.41) is 13.0. The largest absolute Gasteiger partial charge is 0.0622 e. The van der Waals surface area contributed by atoms with Crippen LogP contribution in [-0.4, -0.2) is 0 Å². The number of benzene rings is 9. The van der Waals surface area contributed by atoms with Gasteiger partial charge in [0.25, 0.3) is 0 Å². The van der Waals surface area contributed by atoms with E-state index in [1.165, 1.54) is 87.2 Å². The van der Waals surface area contributed by atoms with Gasteiger partial charge in [-0.25, -0.2) is 0 Å². The molecule has 0 aliphatic heterocycles. The highest BCUT2D eigenvalue weighted by atomic mass is 14.2.